The molecule has 1 aromatic carbocycles. The Bertz CT molecular complexity index is 582. The van der Waals surface area contributed by atoms with Gasteiger partial charge < -0.3 is 10.5 Å². The molecular weight excluding hydrogens is 262 g/mol. The van der Waals surface area contributed by atoms with E-state index in [9.17, 15) is 0 Å². The zero-order chi connectivity index (χ0) is 14.0. The number of hydrogen-bond acceptors (Lipinski definition) is 4. The van der Waals surface area contributed by atoms with Crippen molar-refractivity contribution >= 4 is 17.3 Å². The summed E-state index contributed by atoms with van der Waals surface area (Å²) in [7, 11) is 0. The number of halogens is 1. The van der Waals surface area contributed by atoms with Gasteiger partial charge in [-0.2, -0.15) is 4.98 Å². The second-order valence-corrected chi connectivity index (χ2v) is 4.96. The van der Waals surface area contributed by atoms with Crippen LogP contribution in [0.1, 0.15) is 31.0 Å². The van der Waals surface area contributed by atoms with Crippen molar-refractivity contribution in [3.05, 3.63) is 40.8 Å². The van der Waals surface area contributed by atoms with Gasteiger partial charge in [-0.3, -0.25) is 0 Å². The monoisotopic (exact) mass is 277 g/mol. The molecule has 19 heavy (non-hydrogen) atoms. The first-order chi connectivity index (χ1) is 8.97. The molecule has 0 aliphatic rings. The van der Waals surface area contributed by atoms with Crippen LogP contribution in [0.3, 0.4) is 0 Å². The third-order valence-electron chi connectivity index (χ3n) is 2.84. The van der Waals surface area contributed by atoms with Gasteiger partial charge >= 0.3 is 0 Å². The van der Waals surface area contributed by atoms with Gasteiger partial charge in [0.05, 0.1) is 5.69 Å². The van der Waals surface area contributed by atoms with Crippen LogP contribution in [-0.2, 0) is 0 Å². The number of ether oxygens (including phenoxy) is 1. The molecule has 0 saturated heterocycles. The summed E-state index contributed by atoms with van der Waals surface area (Å²) in [4.78, 5) is 7.96. The van der Waals surface area contributed by atoms with Crippen molar-refractivity contribution in [3.8, 4) is 11.6 Å². The molecule has 0 aliphatic carbocycles. The third-order valence-corrected chi connectivity index (χ3v) is 3.00. The van der Waals surface area contributed by atoms with Crippen LogP contribution in [0.2, 0.25) is 5.28 Å². The van der Waals surface area contributed by atoms with Crippen LogP contribution in [0, 0.1) is 6.92 Å². The summed E-state index contributed by atoms with van der Waals surface area (Å²) in [5.74, 6) is 1.44. The number of rotatable bonds is 3. The Morgan fingerprint density at radius 1 is 1.16 bits per heavy atom. The molecule has 1 aromatic heterocycles. The largest absolute Gasteiger partial charge is 0.437 e. The Morgan fingerprint density at radius 3 is 2.37 bits per heavy atom. The van der Waals surface area contributed by atoms with Crippen molar-refractivity contribution in [3.63, 3.8) is 0 Å². The van der Waals surface area contributed by atoms with Gasteiger partial charge in [-0.05, 0) is 42.1 Å². The molecule has 100 valence electrons. The van der Waals surface area contributed by atoms with E-state index < -0.39 is 0 Å². The van der Waals surface area contributed by atoms with Gasteiger partial charge in [0.25, 0.3) is 0 Å². The lowest BCUT2D eigenvalue weighted by Crippen LogP contribution is -2.01. The van der Waals surface area contributed by atoms with E-state index in [1.807, 2.05) is 24.3 Å². The minimum absolute atomic E-state index is 0.125. The summed E-state index contributed by atoms with van der Waals surface area (Å²) in [6.45, 7) is 6.04. The molecule has 0 spiro atoms. The van der Waals surface area contributed by atoms with Gasteiger partial charge in [-0.25, -0.2) is 4.98 Å². The van der Waals surface area contributed by atoms with Crippen LogP contribution in [0.4, 0.5) is 5.69 Å². The smallest absolute Gasteiger partial charge is 0.247 e. The quantitative estimate of drug-likeness (QED) is 0.863. The molecule has 5 heteroatoms. The minimum atomic E-state index is 0.125. The Morgan fingerprint density at radius 2 is 1.79 bits per heavy atom. The highest BCUT2D eigenvalue weighted by Gasteiger charge is 2.10. The normalized spacial score (nSPS) is 10.8. The van der Waals surface area contributed by atoms with Crippen molar-refractivity contribution < 1.29 is 4.74 Å². The Hall–Kier alpha value is -1.81. The van der Waals surface area contributed by atoms with Gasteiger partial charge in [0.1, 0.15) is 11.4 Å². The highest BCUT2D eigenvalue weighted by Crippen LogP contribution is 2.29. The van der Waals surface area contributed by atoms with Gasteiger partial charge in [-0.15, -0.1) is 0 Å². The predicted octanol–water partition coefficient (Wildman–Crippen LogP) is 3.94. The maximum atomic E-state index is 5.87. The van der Waals surface area contributed by atoms with E-state index in [0.29, 0.717) is 23.0 Å². The van der Waals surface area contributed by atoms with Gasteiger partial charge in [0.2, 0.25) is 11.2 Å². The predicted molar refractivity (Wildman–Crippen MR) is 76.8 cm³/mol. The zero-order valence-electron chi connectivity index (χ0n) is 11.1. The van der Waals surface area contributed by atoms with Crippen molar-refractivity contribution in [1.29, 1.82) is 0 Å². The fourth-order valence-electron chi connectivity index (χ4n) is 1.63. The minimum Gasteiger partial charge on any atom is -0.437 e. The van der Waals surface area contributed by atoms with Crippen LogP contribution in [0.15, 0.2) is 24.3 Å². The standard InChI is InChI=1S/C14H16ClN3O/c1-8(2)10-4-6-11(7-5-10)19-13-12(16)9(3)17-14(15)18-13/h4-8H,16H2,1-3H3. The van der Waals surface area contributed by atoms with Gasteiger partial charge in [0, 0.05) is 0 Å². The lowest BCUT2D eigenvalue weighted by molar-refractivity contribution is 0.463. The first kappa shape index (κ1) is 13.6. The number of nitrogen functional groups attached to an aromatic ring is 1. The molecule has 0 bridgehead atoms. The van der Waals surface area contributed by atoms with Crippen LogP contribution in [-0.4, -0.2) is 9.97 Å². The van der Waals surface area contributed by atoms with Crippen LogP contribution >= 0.6 is 11.6 Å². The Labute approximate surface area is 117 Å². The zero-order valence-corrected chi connectivity index (χ0v) is 11.9. The lowest BCUT2D eigenvalue weighted by atomic mass is 10.0. The summed E-state index contributed by atoms with van der Waals surface area (Å²) >= 11 is 5.80. The van der Waals surface area contributed by atoms with Crippen molar-refractivity contribution in [1.82, 2.24) is 9.97 Å². The number of hydrogen-bond donors (Lipinski definition) is 1. The van der Waals surface area contributed by atoms with E-state index in [1.54, 1.807) is 6.92 Å². The van der Waals surface area contributed by atoms with E-state index in [2.05, 4.69) is 23.8 Å². The molecule has 0 radical (unpaired) electrons. The second-order valence-electron chi connectivity index (χ2n) is 4.62. The molecule has 0 atom stereocenters. The maximum Gasteiger partial charge on any atom is 0.247 e. The van der Waals surface area contributed by atoms with E-state index >= 15 is 0 Å². The molecule has 4 nitrogen and oxygen atoms in total. The first-order valence-electron chi connectivity index (χ1n) is 6.05. The van der Waals surface area contributed by atoms with E-state index in [4.69, 9.17) is 22.1 Å². The van der Waals surface area contributed by atoms with Crippen LogP contribution < -0.4 is 10.5 Å². The molecule has 0 unspecified atom stereocenters. The fraction of sp³-hybridized carbons (Fsp3) is 0.286. The SMILES string of the molecule is Cc1nc(Cl)nc(Oc2ccc(C(C)C)cc2)c1N. The van der Waals surface area contributed by atoms with Crippen molar-refractivity contribution in [2.24, 2.45) is 0 Å². The second kappa shape index (κ2) is 5.45. The van der Waals surface area contributed by atoms with Crippen LogP contribution in [0.25, 0.3) is 0 Å². The summed E-state index contributed by atoms with van der Waals surface area (Å²) in [5, 5.41) is 0.125. The van der Waals surface area contributed by atoms with E-state index in [1.165, 1.54) is 5.56 Å². The van der Waals surface area contributed by atoms with Crippen molar-refractivity contribution in [2.75, 3.05) is 5.73 Å². The molecule has 2 N–H and O–H groups in total. The summed E-state index contributed by atoms with van der Waals surface area (Å²) in [5.41, 5.74) is 8.12. The number of anilines is 1. The fourth-order valence-corrected chi connectivity index (χ4v) is 1.84. The average Bonchev–Trinajstić information content (AvgIpc) is 2.36. The number of nitrogens with zero attached hydrogens (tertiary/aromatic N) is 2. The number of aromatic nitrogens is 2. The summed E-state index contributed by atoms with van der Waals surface area (Å²) in [6.07, 6.45) is 0. The topological polar surface area (TPSA) is 61.0 Å². The maximum absolute atomic E-state index is 5.87. The van der Waals surface area contributed by atoms with Crippen LogP contribution in [0.5, 0.6) is 11.6 Å². The number of aryl methyl sites for hydroxylation is 1. The molecule has 0 fully saturated rings. The summed E-state index contributed by atoms with van der Waals surface area (Å²) in [6, 6.07) is 7.82. The highest BCUT2D eigenvalue weighted by molar-refractivity contribution is 6.28. The average molecular weight is 278 g/mol. The lowest BCUT2D eigenvalue weighted by Gasteiger charge is -2.10. The van der Waals surface area contributed by atoms with Gasteiger partial charge in [0.15, 0.2) is 0 Å². The molecule has 2 rings (SSSR count). The molecular formula is C14H16ClN3O. The highest BCUT2D eigenvalue weighted by atomic mass is 35.5. The molecule has 0 aliphatic heterocycles. The Balaban J connectivity index is 2.26. The summed E-state index contributed by atoms with van der Waals surface area (Å²) < 4.78 is 5.64. The van der Waals surface area contributed by atoms with E-state index in [0.717, 1.165) is 0 Å². The van der Waals surface area contributed by atoms with Gasteiger partial charge in [-0.1, -0.05) is 26.0 Å². The molecule has 0 saturated carbocycles. The number of nitrogens with two attached hydrogens (primary N) is 1. The molecule has 0 amide bonds. The first-order valence-corrected chi connectivity index (χ1v) is 6.42. The Kier molecular flexibility index (Phi) is 3.90. The molecule has 2 aromatic rings. The molecule has 1 heterocycles. The van der Waals surface area contributed by atoms with Crippen molar-refractivity contribution in [2.45, 2.75) is 26.7 Å². The van der Waals surface area contributed by atoms with E-state index in [-0.39, 0.29) is 11.2 Å². The third kappa shape index (κ3) is 3.15. The number of benzene rings is 1.